The molecule has 0 fully saturated rings. The lowest BCUT2D eigenvalue weighted by molar-refractivity contribution is -0.394. The molecule has 3 aromatic rings. The Balaban J connectivity index is 1.90. The zero-order chi connectivity index (χ0) is 22.5. The maximum atomic E-state index is 11.3. The van der Waals surface area contributed by atoms with Crippen LogP contribution in [0.1, 0.15) is 16.7 Å². The van der Waals surface area contributed by atoms with Crippen LogP contribution in [0.4, 0.5) is 17.1 Å². The van der Waals surface area contributed by atoms with Crippen molar-refractivity contribution in [3.05, 3.63) is 91.5 Å². The number of nitro groups is 2. The standard InChI is InChI=1S/C22H19N3O6/c1-14-5-4-6-18(15(14)2)23-13-16-7-9-21(22(11-16)30-3)31-20-10-8-17(24(26)27)12-19(20)25(28)29/h4-13H,1-3H3. The lowest BCUT2D eigenvalue weighted by Gasteiger charge is -2.11. The van der Waals surface area contributed by atoms with Gasteiger partial charge in [-0.3, -0.25) is 25.2 Å². The molecule has 9 heteroatoms. The van der Waals surface area contributed by atoms with Crippen LogP contribution in [0.15, 0.2) is 59.6 Å². The summed E-state index contributed by atoms with van der Waals surface area (Å²) >= 11 is 0. The van der Waals surface area contributed by atoms with Crippen molar-refractivity contribution in [2.24, 2.45) is 4.99 Å². The number of benzene rings is 3. The zero-order valence-corrected chi connectivity index (χ0v) is 17.1. The van der Waals surface area contributed by atoms with Crippen LogP contribution in [0.25, 0.3) is 0 Å². The van der Waals surface area contributed by atoms with Crippen LogP contribution in [0.2, 0.25) is 0 Å². The molecule has 0 bridgehead atoms. The summed E-state index contributed by atoms with van der Waals surface area (Å²) in [7, 11) is 1.44. The lowest BCUT2D eigenvalue weighted by Crippen LogP contribution is -1.97. The number of aliphatic imine (C=N–C) groups is 1. The van der Waals surface area contributed by atoms with E-state index in [2.05, 4.69) is 4.99 Å². The van der Waals surface area contributed by atoms with Gasteiger partial charge in [0.1, 0.15) is 0 Å². The molecular weight excluding hydrogens is 402 g/mol. The van der Waals surface area contributed by atoms with E-state index in [1.165, 1.54) is 13.2 Å². The molecule has 0 aliphatic carbocycles. The Morgan fingerprint density at radius 1 is 0.903 bits per heavy atom. The van der Waals surface area contributed by atoms with Gasteiger partial charge in [-0.25, -0.2) is 0 Å². The van der Waals surface area contributed by atoms with Gasteiger partial charge in [-0.05, 0) is 60.9 Å². The Kier molecular flexibility index (Phi) is 6.25. The molecule has 0 saturated heterocycles. The molecule has 0 unspecified atom stereocenters. The van der Waals surface area contributed by atoms with Gasteiger partial charge in [0.25, 0.3) is 5.69 Å². The van der Waals surface area contributed by atoms with E-state index in [1.54, 1.807) is 24.4 Å². The van der Waals surface area contributed by atoms with Crippen LogP contribution < -0.4 is 9.47 Å². The molecule has 0 aliphatic rings. The third-order valence-corrected chi connectivity index (χ3v) is 4.69. The first kappa shape index (κ1) is 21.4. The summed E-state index contributed by atoms with van der Waals surface area (Å²) in [5.41, 5.74) is 2.89. The second kappa shape index (κ2) is 9.04. The minimum atomic E-state index is -0.736. The number of hydrogen-bond acceptors (Lipinski definition) is 7. The summed E-state index contributed by atoms with van der Waals surface area (Å²) in [6.45, 7) is 4.01. The van der Waals surface area contributed by atoms with Crippen molar-refractivity contribution in [3.8, 4) is 17.2 Å². The number of nitro benzene ring substituents is 2. The molecule has 0 N–H and O–H groups in total. The quantitative estimate of drug-likeness (QED) is 0.275. The van der Waals surface area contributed by atoms with Crippen molar-refractivity contribution in [1.82, 2.24) is 0 Å². The summed E-state index contributed by atoms with van der Waals surface area (Å²) in [6, 6.07) is 14.0. The van der Waals surface area contributed by atoms with Crippen LogP contribution in [0.3, 0.4) is 0 Å². The minimum Gasteiger partial charge on any atom is -0.493 e. The number of aryl methyl sites for hydroxylation is 1. The molecule has 0 aliphatic heterocycles. The summed E-state index contributed by atoms with van der Waals surface area (Å²) in [5.74, 6) is 0.423. The van der Waals surface area contributed by atoms with E-state index in [-0.39, 0.29) is 11.5 Å². The molecule has 9 nitrogen and oxygen atoms in total. The van der Waals surface area contributed by atoms with E-state index < -0.39 is 21.2 Å². The predicted octanol–water partition coefficient (Wildman–Crippen LogP) is 5.67. The maximum absolute atomic E-state index is 11.3. The second-order valence-corrected chi connectivity index (χ2v) is 6.66. The summed E-state index contributed by atoms with van der Waals surface area (Å²) < 4.78 is 11.0. The fourth-order valence-electron chi connectivity index (χ4n) is 2.84. The van der Waals surface area contributed by atoms with Gasteiger partial charge in [0.05, 0.1) is 28.7 Å². The third-order valence-electron chi connectivity index (χ3n) is 4.69. The minimum absolute atomic E-state index is 0.134. The van der Waals surface area contributed by atoms with Gasteiger partial charge in [-0.2, -0.15) is 0 Å². The highest BCUT2D eigenvalue weighted by atomic mass is 16.6. The van der Waals surface area contributed by atoms with Crippen molar-refractivity contribution in [1.29, 1.82) is 0 Å². The highest BCUT2D eigenvalue weighted by Crippen LogP contribution is 2.38. The predicted molar refractivity (Wildman–Crippen MR) is 116 cm³/mol. The van der Waals surface area contributed by atoms with Crippen LogP contribution in [-0.4, -0.2) is 23.2 Å². The Bertz CT molecular complexity index is 1190. The summed E-state index contributed by atoms with van der Waals surface area (Å²) in [6.07, 6.45) is 1.68. The van der Waals surface area contributed by atoms with Gasteiger partial charge in [0, 0.05) is 12.3 Å². The number of rotatable bonds is 7. The van der Waals surface area contributed by atoms with Crippen LogP contribution in [0.5, 0.6) is 17.2 Å². The summed E-state index contributed by atoms with van der Waals surface area (Å²) in [5, 5.41) is 22.2. The molecule has 0 spiro atoms. The number of non-ortho nitro benzene ring substituents is 1. The second-order valence-electron chi connectivity index (χ2n) is 6.66. The van der Waals surface area contributed by atoms with Crippen LogP contribution in [-0.2, 0) is 0 Å². The smallest absolute Gasteiger partial charge is 0.318 e. The number of hydrogen-bond donors (Lipinski definition) is 0. The lowest BCUT2D eigenvalue weighted by atomic mass is 10.1. The first-order valence-electron chi connectivity index (χ1n) is 9.19. The molecule has 0 aromatic heterocycles. The van der Waals surface area contributed by atoms with Gasteiger partial charge >= 0.3 is 5.69 Å². The van der Waals surface area contributed by atoms with Gasteiger partial charge < -0.3 is 9.47 Å². The van der Waals surface area contributed by atoms with Crippen molar-refractivity contribution in [2.45, 2.75) is 13.8 Å². The van der Waals surface area contributed by atoms with E-state index >= 15 is 0 Å². The molecule has 0 amide bonds. The highest BCUT2D eigenvalue weighted by molar-refractivity contribution is 5.83. The Morgan fingerprint density at radius 3 is 2.32 bits per heavy atom. The van der Waals surface area contributed by atoms with Gasteiger partial charge in [0.2, 0.25) is 5.75 Å². The average Bonchev–Trinajstić information content (AvgIpc) is 2.75. The van der Waals surface area contributed by atoms with E-state index in [1.807, 2.05) is 32.0 Å². The molecule has 3 aromatic carbocycles. The Labute approximate surface area is 177 Å². The maximum Gasteiger partial charge on any atom is 0.318 e. The van der Waals surface area contributed by atoms with Crippen LogP contribution in [0, 0.1) is 34.1 Å². The average molecular weight is 421 g/mol. The third kappa shape index (κ3) is 4.84. The summed E-state index contributed by atoms with van der Waals surface area (Å²) in [4.78, 5) is 25.3. The molecule has 31 heavy (non-hydrogen) atoms. The molecular formula is C22H19N3O6. The number of methoxy groups -OCH3 is 1. The molecule has 0 heterocycles. The zero-order valence-electron chi connectivity index (χ0n) is 17.1. The van der Waals surface area contributed by atoms with E-state index in [0.29, 0.717) is 5.75 Å². The number of ether oxygens (including phenoxy) is 2. The normalized spacial score (nSPS) is 10.8. The molecule has 0 atom stereocenters. The first-order chi connectivity index (χ1) is 14.8. The van der Waals surface area contributed by atoms with Crippen molar-refractivity contribution >= 4 is 23.3 Å². The molecule has 158 valence electrons. The largest absolute Gasteiger partial charge is 0.493 e. The van der Waals surface area contributed by atoms with Crippen molar-refractivity contribution in [3.63, 3.8) is 0 Å². The highest BCUT2D eigenvalue weighted by Gasteiger charge is 2.22. The Hall–Kier alpha value is -4.27. The molecule has 0 radical (unpaired) electrons. The molecule has 3 rings (SSSR count). The fraction of sp³-hybridized carbons (Fsp3) is 0.136. The Morgan fingerprint density at radius 2 is 1.65 bits per heavy atom. The fourth-order valence-corrected chi connectivity index (χ4v) is 2.84. The van der Waals surface area contributed by atoms with Gasteiger partial charge in [0.15, 0.2) is 11.5 Å². The van der Waals surface area contributed by atoms with Crippen molar-refractivity contribution in [2.75, 3.05) is 7.11 Å². The van der Waals surface area contributed by atoms with E-state index in [9.17, 15) is 20.2 Å². The van der Waals surface area contributed by atoms with Crippen molar-refractivity contribution < 1.29 is 19.3 Å². The SMILES string of the molecule is COc1cc(C=Nc2cccc(C)c2C)ccc1Oc1ccc([N+](=O)[O-])cc1[N+](=O)[O-]. The van der Waals surface area contributed by atoms with Gasteiger partial charge in [-0.15, -0.1) is 0 Å². The number of nitrogens with zero attached hydrogens (tertiary/aromatic N) is 3. The van der Waals surface area contributed by atoms with E-state index in [0.717, 1.165) is 34.5 Å². The first-order valence-corrected chi connectivity index (χ1v) is 9.19. The van der Waals surface area contributed by atoms with Crippen LogP contribution >= 0.6 is 0 Å². The molecule has 0 saturated carbocycles. The van der Waals surface area contributed by atoms with E-state index in [4.69, 9.17) is 9.47 Å². The topological polar surface area (TPSA) is 117 Å². The van der Waals surface area contributed by atoms with Gasteiger partial charge in [-0.1, -0.05) is 12.1 Å². The monoisotopic (exact) mass is 421 g/mol.